The molecule has 8 nitrogen and oxygen atoms in total. The average molecular weight is 536 g/mol. The molecule has 0 bridgehead atoms. The molecule has 0 fully saturated rings. The molecule has 0 aliphatic rings. The van der Waals surface area contributed by atoms with E-state index in [4.69, 9.17) is 14.2 Å². The summed E-state index contributed by atoms with van der Waals surface area (Å²) in [4.78, 5) is 35.5. The van der Waals surface area contributed by atoms with E-state index >= 15 is 0 Å². The van der Waals surface area contributed by atoms with Crippen LogP contribution >= 0.6 is 0 Å². The maximum Gasteiger partial charge on any atom is 0.306 e. The van der Waals surface area contributed by atoms with Crippen LogP contribution in [0.25, 0.3) is 0 Å². The van der Waals surface area contributed by atoms with Crippen LogP contribution in [-0.4, -0.2) is 75.5 Å². The van der Waals surface area contributed by atoms with Gasteiger partial charge in [-0.2, -0.15) is 0 Å². The minimum Gasteiger partial charge on any atom is -0.544 e. The maximum atomic E-state index is 12.3. The van der Waals surface area contributed by atoms with Gasteiger partial charge in [0.15, 0.2) is 6.10 Å². The number of carbonyl (C=O) groups is 3. The van der Waals surface area contributed by atoms with E-state index in [1.54, 1.807) is 21.1 Å². The number of likely N-dealkylation sites (N-methyl/N-ethyl adjacent to an activating group) is 1. The molecule has 0 aliphatic carbocycles. The molecule has 0 N–H and O–H groups in total. The lowest BCUT2D eigenvalue weighted by molar-refractivity contribution is -0.889. The third-order valence-electron chi connectivity index (χ3n) is 5.46. The molecular formula is C30H49NO7. The molecule has 0 saturated carbocycles. The van der Waals surface area contributed by atoms with E-state index in [1.165, 1.54) is 0 Å². The number of hydrogen-bond donors (Lipinski definition) is 0. The number of nitrogens with zero attached hydrogens (tertiary/aromatic N) is 1. The highest BCUT2D eigenvalue weighted by Crippen LogP contribution is 2.09. The highest BCUT2D eigenvalue weighted by Gasteiger charge is 2.25. The van der Waals surface area contributed by atoms with E-state index in [2.05, 4.69) is 43.4 Å². The zero-order chi connectivity index (χ0) is 28.7. The molecular weight excluding hydrogens is 486 g/mol. The Bertz CT molecular complexity index is 778. The Morgan fingerprint density at radius 1 is 0.789 bits per heavy atom. The third kappa shape index (κ3) is 20.4. The third-order valence-corrected chi connectivity index (χ3v) is 5.46. The van der Waals surface area contributed by atoms with E-state index in [0.717, 1.165) is 25.7 Å². The molecule has 0 radical (unpaired) electrons. The second kappa shape index (κ2) is 22.3. The van der Waals surface area contributed by atoms with Crippen molar-refractivity contribution in [1.29, 1.82) is 0 Å². The van der Waals surface area contributed by atoms with E-state index in [1.807, 2.05) is 19.1 Å². The minimum absolute atomic E-state index is 0.00598. The van der Waals surface area contributed by atoms with Crippen molar-refractivity contribution >= 4 is 17.9 Å². The Balaban J connectivity index is 4.48. The second-order valence-corrected chi connectivity index (χ2v) is 9.90. The van der Waals surface area contributed by atoms with Crippen molar-refractivity contribution in [2.75, 3.05) is 41.0 Å². The lowest BCUT2D eigenvalue weighted by Crippen LogP contribution is -2.55. The normalized spacial score (nSPS) is 14.0. The monoisotopic (exact) mass is 535 g/mol. The molecule has 2 atom stereocenters. The highest BCUT2D eigenvalue weighted by molar-refractivity contribution is 5.70. The van der Waals surface area contributed by atoms with Gasteiger partial charge in [-0.3, -0.25) is 9.59 Å². The number of carboxylic acid groups (broad SMARTS) is 1. The summed E-state index contributed by atoms with van der Waals surface area (Å²) in [5, 5.41) is 11.4. The van der Waals surface area contributed by atoms with Crippen molar-refractivity contribution in [2.24, 2.45) is 0 Å². The summed E-state index contributed by atoms with van der Waals surface area (Å²) < 4.78 is 16.5. The first-order valence-corrected chi connectivity index (χ1v) is 13.7. The van der Waals surface area contributed by atoms with E-state index in [0.29, 0.717) is 12.8 Å². The quantitative estimate of drug-likeness (QED) is 0.0892. The molecule has 38 heavy (non-hydrogen) atoms. The average Bonchev–Trinajstić information content (AvgIpc) is 2.84. The topological polar surface area (TPSA) is 102 Å². The first-order chi connectivity index (χ1) is 18.1. The standard InChI is InChI=1S/C30H49NO7/c1-6-8-9-10-11-12-13-14-15-16-17-18-19-21-29(33)38-26(25-37-28(32)20-7-2)24-36-23-22-27(30(34)35)31(3,4)5/h8-9,11-12,14-15,17-18,26-27H,6-7,10,13,16,19-25H2,1-5H3/b9-8-,12-11-,15-14-,18-17-. The Kier molecular flexibility index (Phi) is 20.7. The Morgan fingerprint density at radius 2 is 1.37 bits per heavy atom. The van der Waals surface area contributed by atoms with Crippen molar-refractivity contribution in [3.63, 3.8) is 0 Å². The molecule has 0 amide bonds. The summed E-state index contributed by atoms with van der Waals surface area (Å²) in [6.45, 7) is 4.04. The summed E-state index contributed by atoms with van der Waals surface area (Å²) in [5.74, 6) is -1.92. The number of allylic oxidation sites excluding steroid dienone is 8. The van der Waals surface area contributed by atoms with Crippen molar-refractivity contribution in [2.45, 2.75) is 83.8 Å². The lowest BCUT2D eigenvalue weighted by Gasteiger charge is -2.34. The van der Waals surface area contributed by atoms with Crippen molar-refractivity contribution in [1.82, 2.24) is 0 Å². The van der Waals surface area contributed by atoms with Crippen molar-refractivity contribution in [3.8, 4) is 0 Å². The smallest absolute Gasteiger partial charge is 0.306 e. The molecule has 0 spiro atoms. The van der Waals surface area contributed by atoms with E-state index in [9.17, 15) is 19.5 Å². The molecule has 216 valence electrons. The van der Waals surface area contributed by atoms with Crippen LogP contribution in [0.15, 0.2) is 48.6 Å². The molecule has 0 aromatic carbocycles. The van der Waals surface area contributed by atoms with Gasteiger partial charge in [-0.25, -0.2) is 0 Å². The van der Waals surface area contributed by atoms with Crippen molar-refractivity contribution < 1.29 is 38.2 Å². The second-order valence-electron chi connectivity index (χ2n) is 9.90. The molecule has 0 heterocycles. The fourth-order valence-corrected chi connectivity index (χ4v) is 3.35. The summed E-state index contributed by atoms with van der Waals surface area (Å²) in [6, 6.07) is -0.732. The van der Waals surface area contributed by atoms with Crippen LogP contribution in [0.2, 0.25) is 0 Å². The highest BCUT2D eigenvalue weighted by atomic mass is 16.6. The summed E-state index contributed by atoms with van der Waals surface area (Å²) in [7, 11) is 5.32. The van der Waals surface area contributed by atoms with Gasteiger partial charge in [0.05, 0.1) is 40.3 Å². The van der Waals surface area contributed by atoms with E-state index < -0.39 is 24.1 Å². The predicted octanol–water partition coefficient (Wildman–Crippen LogP) is 4.06. The largest absolute Gasteiger partial charge is 0.544 e. The van der Waals surface area contributed by atoms with Gasteiger partial charge in [-0.15, -0.1) is 0 Å². The number of carbonyl (C=O) groups excluding carboxylic acids is 3. The van der Waals surface area contributed by atoms with Gasteiger partial charge in [0.1, 0.15) is 12.6 Å². The van der Waals surface area contributed by atoms with Crippen LogP contribution in [0.1, 0.15) is 71.6 Å². The van der Waals surface area contributed by atoms with Gasteiger partial charge < -0.3 is 28.6 Å². The summed E-state index contributed by atoms with van der Waals surface area (Å²) >= 11 is 0. The van der Waals surface area contributed by atoms with Gasteiger partial charge in [-0.1, -0.05) is 62.5 Å². The minimum atomic E-state index is -1.14. The zero-order valence-electron chi connectivity index (χ0n) is 24.1. The van der Waals surface area contributed by atoms with Gasteiger partial charge in [0.25, 0.3) is 0 Å². The fraction of sp³-hybridized carbons (Fsp3) is 0.633. The molecule has 0 aliphatic heterocycles. The number of hydrogen-bond acceptors (Lipinski definition) is 7. The predicted molar refractivity (Wildman–Crippen MR) is 148 cm³/mol. The molecule has 8 heteroatoms. The summed E-state index contributed by atoms with van der Waals surface area (Å²) in [5.41, 5.74) is 0. The first kappa shape index (κ1) is 35.3. The molecule has 0 aromatic rings. The Labute approximate surface area is 229 Å². The fourth-order valence-electron chi connectivity index (χ4n) is 3.35. The zero-order valence-corrected chi connectivity index (χ0v) is 24.1. The van der Waals surface area contributed by atoms with Gasteiger partial charge >= 0.3 is 11.9 Å². The number of quaternary nitrogens is 1. The van der Waals surface area contributed by atoms with Gasteiger partial charge in [-0.05, 0) is 38.5 Å². The van der Waals surface area contributed by atoms with Crippen LogP contribution in [-0.2, 0) is 28.6 Å². The Morgan fingerprint density at radius 3 is 1.89 bits per heavy atom. The van der Waals surface area contributed by atoms with Gasteiger partial charge in [0.2, 0.25) is 0 Å². The lowest BCUT2D eigenvalue weighted by atomic mass is 10.1. The van der Waals surface area contributed by atoms with Crippen molar-refractivity contribution in [3.05, 3.63) is 48.6 Å². The summed E-state index contributed by atoms with van der Waals surface area (Å²) in [6.07, 6.45) is 21.6. The number of rotatable bonds is 22. The van der Waals surface area contributed by atoms with E-state index in [-0.39, 0.29) is 49.5 Å². The molecule has 0 saturated heterocycles. The number of esters is 2. The molecule has 0 rings (SSSR count). The maximum absolute atomic E-state index is 12.3. The SMILES string of the molecule is CC/C=C\C/C=C\C/C=C\C/C=C\CCC(=O)OC(COCCC(C(=O)[O-])[N+](C)(C)C)COC(=O)CCC. The van der Waals surface area contributed by atoms with Crippen LogP contribution in [0.3, 0.4) is 0 Å². The first-order valence-electron chi connectivity index (χ1n) is 13.7. The van der Waals surface area contributed by atoms with Gasteiger partial charge in [0, 0.05) is 19.3 Å². The number of carboxylic acids is 1. The van der Waals surface area contributed by atoms with Crippen LogP contribution in [0.5, 0.6) is 0 Å². The number of aliphatic carboxylic acids is 1. The van der Waals surface area contributed by atoms with Crippen LogP contribution in [0, 0.1) is 0 Å². The van der Waals surface area contributed by atoms with Crippen LogP contribution in [0.4, 0.5) is 0 Å². The Hall–Kier alpha value is -2.71. The van der Waals surface area contributed by atoms with Crippen LogP contribution < -0.4 is 5.11 Å². The molecule has 0 aromatic heterocycles. The molecule has 2 unspecified atom stereocenters. The number of ether oxygens (including phenoxy) is 3.